The van der Waals surface area contributed by atoms with E-state index in [1.54, 1.807) is 51.1 Å². The molecule has 2 amide bonds. The van der Waals surface area contributed by atoms with Crippen molar-refractivity contribution in [1.29, 1.82) is 0 Å². The molecule has 0 spiro atoms. The summed E-state index contributed by atoms with van der Waals surface area (Å²) in [6.45, 7) is 4.52. The van der Waals surface area contributed by atoms with E-state index in [1.807, 2.05) is 12.1 Å². The van der Waals surface area contributed by atoms with Crippen LogP contribution >= 0.6 is 15.9 Å². The van der Waals surface area contributed by atoms with Crippen molar-refractivity contribution in [1.82, 2.24) is 10.2 Å². The van der Waals surface area contributed by atoms with Crippen LogP contribution in [-0.4, -0.2) is 43.8 Å². The largest absolute Gasteiger partial charge is 0.352 e. The summed E-state index contributed by atoms with van der Waals surface area (Å²) < 4.78 is 43.6. The summed E-state index contributed by atoms with van der Waals surface area (Å²) in [6, 6.07) is 19.0. The van der Waals surface area contributed by atoms with Gasteiger partial charge in [-0.1, -0.05) is 58.4 Å². The predicted octanol–water partition coefficient (Wildman–Crippen LogP) is 4.73. The van der Waals surface area contributed by atoms with Crippen LogP contribution in [0.2, 0.25) is 0 Å². The highest BCUT2D eigenvalue weighted by Gasteiger charge is 2.33. The molecule has 3 rings (SSSR count). The fourth-order valence-electron chi connectivity index (χ4n) is 3.71. The molecular weight excluding hydrogens is 561 g/mol. The van der Waals surface area contributed by atoms with Gasteiger partial charge in [-0.15, -0.1) is 0 Å². The minimum Gasteiger partial charge on any atom is -0.352 e. The van der Waals surface area contributed by atoms with Crippen LogP contribution < -0.4 is 9.62 Å². The zero-order valence-corrected chi connectivity index (χ0v) is 23.2. The summed E-state index contributed by atoms with van der Waals surface area (Å²) >= 11 is 3.41. The highest BCUT2D eigenvalue weighted by molar-refractivity contribution is 9.10. The molecule has 0 radical (unpaired) electrons. The second-order valence-corrected chi connectivity index (χ2v) is 11.5. The van der Waals surface area contributed by atoms with Gasteiger partial charge in [0.25, 0.3) is 10.0 Å². The molecule has 0 bridgehead atoms. The van der Waals surface area contributed by atoms with Crippen LogP contribution in [0.1, 0.15) is 26.3 Å². The number of anilines is 1. The average Bonchev–Trinajstić information content (AvgIpc) is 2.86. The zero-order valence-electron chi connectivity index (χ0n) is 20.8. The smallest absolute Gasteiger partial charge is 0.264 e. The van der Waals surface area contributed by atoms with Crippen molar-refractivity contribution < 1.29 is 22.4 Å². The molecule has 3 aromatic rings. The summed E-state index contributed by atoms with van der Waals surface area (Å²) in [6.07, 6.45) is 0. The lowest BCUT2D eigenvalue weighted by atomic mass is 10.1. The third-order valence-corrected chi connectivity index (χ3v) is 7.84. The lowest BCUT2D eigenvalue weighted by Gasteiger charge is -2.32. The van der Waals surface area contributed by atoms with Crippen molar-refractivity contribution in [2.75, 3.05) is 10.8 Å². The number of carbonyl (C=O) groups excluding carboxylic acids is 2. The van der Waals surface area contributed by atoms with Gasteiger partial charge >= 0.3 is 0 Å². The molecule has 0 aliphatic carbocycles. The Kier molecular flexibility index (Phi) is 9.45. The Bertz CT molecular complexity index is 1350. The fraction of sp³-hybridized carbons (Fsp3) is 0.259. The number of amides is 2. The number of nitrogens with zero attached hydrogens (tertiary/aromatic N) is 2. The molecule has 7 nitrogen and oxygen atoms in total. The Morgan fingerprint density at radius 1 is 0.946 bits per heavy atom. The van der Waals surface area contributed by atoms with Crippen molar-refractivity contribution in [3.05, 3.63) is 94.7 Å². The highest BCUT2D eigenvalue weighted by atomic mass is 79.9. The number of halogens is 2. The SMILES string of the molecule is CC(C)NC(=O)C(C)N(Cc1cccc(Br)c1)C(=O)CN(c1ccccc1F)S(=O)(=O)c1ccccc1. The average molecular weight is 591 g/mol. The molecule has 196 valence electrons. The van der Waals surface area contributed by atoms with E-state index in [4.69, 9.17) is 0 Å². The van der Waals surface area contributed by atoms with E-state index in [1.165, 1.54) is 35.2 Å². The fourth-order valence-corrected chi connectivity index (χ4v) is 5.60. The van der Waals surface area contributed by atoms with Gasteiger partial charge in [0.15, 0.2) is 0 Å². The maximum atomic E-state index is 14.9. The van der Waals surface area contributed by atoms with E-state index in [0.29, 0.717) is 0 Å². The summed E-state index contributed by atoms with van der Waals surface area (Å²) in [4.78, 5) is 27.8. The summed E-state index contributed by atoms with van der Waals surface area (Å²) in [5.41, 5.74) is 0.469. The lowest BCUT2D eigenvalue weighted by Crippen LogP contribution is -2.52. The van der Waals surface area contributed by atoms with E-state index >= 15 is 0 Å². The molecule has 0 fully saturated rings. The van der Waals surface area contributed by atoms with Gasteiger partial charge in [-0.3, -0.25) is 13.9 Å². The number of sulfonamides is 1. The molecule has 37 heavy (non-hydrogen) atoms. The molecule has 0 aliphatic rings. The molecule has 0 aromatic heterocycles. The van der Waals surface area contributed by atoms with Crippen molar-refractivity contribution in [3.63, 3.8) is 0 Å². The lowest BCUT2D eigenvalue weighted by molar-refractivity contribution is -0.139. The number of hydrogen-bond donors (Lipinski definition) is 1. The van der Waals surface area contributed by atoms with Crippen LogP contribution in [0, 0.1) is 5.82 Å². The first kappa shape index (κ1) is 28.3. The number of para-hydroxylation sites is 1. The molecule has 0 saturated heterocycles. The number of carbonyl (C=O) groups is 2. The molecular formula is C27H29BrFN3O4S. The summed E-state index contributed by atoms with van der Waals surface area (Å²) in [5, 5.41) is 2.79. The van der Waals surface area contributed by atoms with E-state index in [0.717, 1.165) is 20.4 Å². The topological polar surface area (TPSA) is 86.8 Å². The molecule has 0 heterocycles. The first-order chi connectivity index (χ1) is 17.5. The maximum Gasteiger partial charge on any atom is 0.264 e. The van der Waals surface area contributed by atoms with Crippen molar-refractivity contribution in [2.45, 2.75) is 44.3 Å². The van der Waals surface area contributed by atoms with Crippen LogP contribution in [0.5, 0.6) is 0 Å². The molecule has 0 aliphatic heterocycles. The zero-order chi connectivity index (χ0) is 27.2. The van der Waals surface area contributed by atoms with Gasteiger partial charge in [0.2, 0.25) is 11.8 Å². The molecule has 1 N–H and O–H groups in total. The Hall–Kier alpha value is -3.24. The third kappa shape index (κ3) is 7.17. The second-order valence-electron chi connectivity index (χ2n) is 8.77. The van der Waals surface area contributed by atoms with Gasteiger partial charge in [-0.05, 0) is 62.7 Å². The molecule has 1 unspecified atom stereocenters. The first-order valence-corrected chi connectivity index (χ1v) is 13.9. The number of rotatable bonds is 10. The Morgan fingerprint density at radius 2 is 1.59 bits per heavy atom. The van der Waals surface area contributed by atoms with E-state index in [-0.39, 0.29) is 29.1 Å². The Labute approximate surface area is 225 Å². The molecule has 3 aromatic carbocycles. The number of nitrogens with one attached hydrogen (secondary N) is 1. The van der Waals surface area contributed by atoms with Crippen LogP contribution in [0.3, 0.4) is 0 Å². The molecule has 0 saturated carbocycles. The monoisotopic (exact) mass is 589 g/mol. The standard InChI is InChI=1S/C27H29BrFN3O4S/c1-19(2)30-27(34)20(3)31(17-21-10-9-11-22(28)16-21)26(33)18-32(25-15-8-7-14-24(25)29)37(35,36)23-12-5-4-6-13-23/h4-16,19-20H,17-18H2,1-3H3,(H,30,34). The van der Waals surface area contributed by atoms with Crippen LogP contribution in [0.25, 0.3) is 0 Å². The Balaban J connectivity index is 2.03. The van der Waals surface area contributed by atoms with Gasteiger partial charge in [0, 0.05) is 17.1 Å². The first-order valence-electron chi connectivity index (χ1n) is 11.7. The minimum absolute atomic E-state index is 0.0431. The summed E-state index contributed by atoms with van der Waals surface area (Å²) in [7, 11) is -4.31. The third-order valence-electron chi connectivity index (χ3n) is 5.57. The van der Waals surface area contributed by atoms with E-state index in [2.05, 4.69) is 21.2 Å². The number of benzene rings is 3. The van der Waals surface area contributed by atoms with Crippen LogP contribution in [0.15, 0.2) is 88.2 Å². The Morgan fingerprint density at radius 3 is 2.22 bits per heavy atom. The highest BCUT2D eigenvalue weighted by Crippen LogP contribution is 2.27. The van der Waals surface area contributed by atoms with Gasteiger partial charge in [0.1, 0.15) is 18.4 Å². The van der Waals surface area contributed by atoms with Crippen LogP contribution in [-0.2, 0) is 26.2 Å². The van der Waals surface area contributed by atoms with Gasteiger partial charge in [-0.25, -0.2) is 12.8 Å². The normalized spacial score (nSPS) is 12.2. The molecule has 10 heteroatoms. The quantitative estimate of drug-likeness (QED) is 0.370. The van der Waals surface area contributed by atoms with E-state index in [9.17, 15) is 22.4 Å². The maximum absolute atomic E-state index is 14.9. The van der Waals surface area contributed by atoms with E-state index < -0.39 is 34.3 Å². The summed E-state index contributed by atoms with van der Waals surface area (Å²) in [5.74, 6) is -1.84. The second kappa shape index (κ2) is 12.3. The van der Waals surface area contributed by atoms with Gasteiger partial charge in [0.05, 0.1) is 10.6 Å². The van der Waals surface area contributed by atoms with Crippen LogP contribution in [0.4, 0.5) is 10.1 Å². The predicted molar refractivity (Wildman–Crippen MR) is 145 cm³/mol. The van der Waals surface area contributed by atoms with Gasteiger partial charge in [-0.2, -0.15) is 0 Å². The number of hydrogen-bond acceptors (Lipinski definition) is 4. The van der Waals surface area contributed by atoms with Crippen molar-refractivity contribution in [2.24, 2.45) is 0 Å². The van der Waals surface area contributed by atoms with Crippen molar-refractivity contribution in [3.8, 4) is 0 Å². The van der Waals surface area contributed by atoms with Gasteiger partial charge < -0.3 is 10.2 Å². The minimum atomic E-state index is -4.31. The molecule has 1 atom stereocenters. The van der Waals surface area contributed by atoms with Crippen molar-refractivity contribution >= 4 is 43.5 Å².